The molecule has 3 aromatic heterocycles. The van der Waals surface area contributed by atoms with Crippen LogP contribution < -0.4 is 10.0 Å². The molecule has 0 fully saturated rings. The Bertz CT molecular complexity index is 1850. The molecule has 0 aliphatic rings. The second kappa shape index (κ2) is 9.78. The number of H-pyrrole nitrogens is 1. The smallest absolute Gasteiger partial charge is 0.405 e. The molecule has 202 valence electrons. The lowest BCUT2D eigenvalue weighted by Crippen LogP contribution is -2.29. The number of halogens is 3. The first kappa shape index (κ1) is 26.3. The zero-order chi connectivity index (χ0) is 28.1. The van der Waals surface area contributed by atoms with E-state index in [1.165, 1.54) is 11.0 Å². The quantitative estimate of drug-likeness (QED) is 0.225. The van der Waals surface area contributed by atoms with Gasteiger partial charge in [0.05, 0.1) is 45.8 Å². The summed E-state index contributed by atoms with van der Waals surface area (Å²) in [4.78, 5) is 23.5. The lowest BCUT2D eigenvalue weighted by Gasteiger charge is -2.21. The van der Waals surface area contributed by atoms with Crippen LogP contribution in [0.4, 0.5) is 19.4 Å². The molecule has 0 aliphatic heterocycles. The molecule has 1 unspecified atom stereocenters. The highest BCUT2D eigenvalue weighted by molar-refractivity contribution is 7.92. The molecule has 0 aliphatic carbocycles. The molecule has 1 atom stereocenters. The number of amides is 1. The fraction of sp³-hybridized carbons (Fsp3) is 0.167. The normalized spacial score (nSPS) is 12.6. The molecule has 5 rings (SSSR count). The van der Waals surface area contributed by atoms with Crippen LogP contribution in [0.15, 0.2) is 42.7 Å². The predicted molar refractivity (Wildman–Crippen MR) is 141 cm³/mol. The monoisotopic (exact) mass is 575 g/mol. The minimum Gasteiger partial charge on any atom is -0.465 e. The molecular formula is C24H20ClF2N7O4S. The third-order valence-electron chi connectivity index (χ3n) is 5.94. The van der Waals surface area contributed by atoms with Crippen LogP contribution in [0.5, 0.6) is 0 Å². The Hall–Kier alpha value is -4.30. The summed E-state index contributed by atoms with van der Waals surface area (Å²) >= 11 is 6.47. The fourth-order valence-electron chi connectivity index (χ4n) is 4.54. The van der Waals surface area contributed by atoms with Crippen LogP contribution >= 0.6 is 11.6 Å². The van der Waals surface area contributed by atoms with E-state index in [1.54, 1.807) is 25.2 Å². The summed E-state index contributed by atoms with van der Waals surface area (Å²) in [5.41, 5.74) is 2.57. The Balaban J connectivity index is 1.77. The number of hydrogen-bond donors (Lipinski definition) is 4. The van der Waals surface area contributed by atoms with E-state index in [4.69, 9.17) is 11.6 Å². The highest BCUT2D eigenvalue weighted by Crippen LogP contribution is 2.40. The Kier molecular flexibility index (Phi) is 6.60. The van der Waals surface area contributed by atoms with Crippen molar-refractivity contribution in [2.45, 2.75) is 12.5 Å². The van der Waals surface area contributed by atoms with Gasteiger partial charge in [0.1, 0.15) is 11.6 Å². The number of imidazole rings is 1. The lowest BCUT2D eigenvalue weighted by atomic mass is 9.94. The van der Waals surface area contributed by atoms with E-state index in [-0.39, 0.29) is 34.2 Å². The zero-order valence-electron chi connectivity index (χ0n) is 20.3. The summed E-state index contributed by atoms with van der Waals surface area (Å²) in [6.45, 7) is 0. The Labute approximate surface area is 224 Å². The second-order valence-corrected chi connectivity index (χ2v) is 11.0. The molecule has 3 heterocycles. The number of rotatable bonds is 7. The minimum atomic E-state index is -3.69. The third-order valence-corrected chi connectivity index (χ3v) is 6.82. The van der Waals surface area contributed by atoms with Gasteiger partial charge >= 0.3 is 6.09 Å². The first-order chi connectivity index (χ1) is 18.4. The van der Waals surface area contributed by atoms with E-state index >= 15 is 0 Å². The van der Waals surface area contributed by atoms with Crippen molar-refractivity contribution in [2.24, 2.45) is 7.05 Å². The van der Waals surface area contributed by atoms with E-state index in [2.05, 4.69) is 30.1 Å². The van der Waals surface area contributed by atoms with E-state index in [0.29, 0.717) is 27.5 Å². The number of nitrogens with zero attached hydrogens (tertiary/aromatic N) is 4. The Morgan fingerprint density at radius 2 is 1.90 bits per heavy atom. The standard InChI is InChI=1S/C24H20ClF2N7O4S/c1-34-21-14(3-4-16(25)19(21)23(32-34)33-39(2,37)38)15-9-18-22(29-10-28-18)31-20(15)17(30-24(35)36)7-11-5-12(26)8-13(27)6-11/h3-6,8-10,17,30H,7H2,1-2H3,(H,32,33)(H,35,36)(H,28,29,31). The number of hydrogen-bond acceptors (Lipinski definition) is 6. The predicted octanol–water partition coefficient (Wildman–Crippen LogP) is 4.37. The minimum absolute atomic E-state index is 0.00873. The van der Waals surface area contributed by atoms with Crippen molar-refractivity contribution in [3.63, 3.8) is 0 Å². The number of sulfonamides is 1. The van der Waals surface area contributed by atoms with Crippen molar-refractivity contribution >= 4 is 55.6 Å². The van der Waals surface area contributed by atoms with Crippen molar-refractivity contribution in [2.75, 3.05) is 11.0 Å². The number of fused-ring (bicyclic) bond motifs is 2. The number of anilines is 1. The number of pyridine rings is 1. The number of aryl methyl sites for hydroxylation is 1. The van der Waals surface area contributed by atoms with Crippen molar-refractivity contribution in [1.29, 1.82) is 0 Å². The van der Waals surface area contributed by atoms with Gasteiger partial charge in [0.25, 0.3) is 0 Å². The van der Waals surface area contributed by atoms with Gasteiger partial charge in [0, 0.05) is 24.2 Å². The molecule has 0 radical (unpaired) electrons. The molecule has 0 saturated heterocycles. The van der Waals surface area contributed by atoms with Crippen molar-refractivity contribution in [3.05, 3.63) is 70.6 Å². The highest BCUT2D eigenvalue weighted by atomic mass is 35.5. The molecule has 39 heavy (non-hydrogen) atoms. The Morgan fingerprint density at radius 1 is 1.18 bits per heavy atom. The average Bonchev–Trinajstić information content (AvgIpc) is 3.40. The van der Waals surface area contributed by atoms with Crippen molar-refractivity contribution in [1.82, 2.24) is 30.0 Å². The van der Waals surface area contributed by atoms with Gasteiger partial charge in [0.15, 0.2) is 11.5 Å². The SMILES string of the molecule is Cn1nc(NS(C)(=O)=O)c2c(Cl)ccc(-c3cc4[nH]cnc4nc3C(Cc3cc(F)cc(F)c3)NC(=O)O)c21. The summed E-state index contributed by atoms with van der Waals surface area (Å²) in [7, 11) is -2.10. The van der Waals surface area contributed by atoms with Gasteiger partial charge in [-0.2, -0.15) is 5.10 Å². The van der Waals surface area contributed by atoms with Crippen LogP contribution in [0.2, 0.25) is 5.02 Å². The number of carbonyl (C=O) groups is 1. The van der Waals surface area contributed by atoms with Crippen LogP contribution in [0.3, 0.4) is 0 Å². The number of carboxylic acid groups (broad SMARTS) is 1. The maximum absolute atomic E-state index is 14.0. The van der Waals surface area contributed by atoms with E-state index in [1.807, 2.05) is 0 Å². The highest BCUT2D eigenvalue weighted by Gasteiger charge is 2.26. The molecule has 15 heteroatoms. The molecule has 4 N–H and O–H groups in total. The van der Waals surface area contributed by atoms with Gasteiger partial charge in [-0.1, -0.05) is 17.7 Å². The van der Waals surface area contributed by atoms with Crippen molar-refractivity contribution < 1.29 is 27.1 Å². The summed E-state index contributed by atoms with van der Waals surface area (Å²) in [5.74, 6) is -1.61. The molecule has 5 aromatic rings. The molecule has 1 amide bonds. The summed E-state index contributed by atoms with van der Waals surface area (Å²) in [6.07, 6.45) is 0.882. The lowest BCUT2D eigenvalue weighted by molar-refractivity contribution is 0.189. The van der Waals surface area contributed by atoms with Gasteiger partial charge in [-0.15, -0.1) is 0 Å². The average molecular weight is 576 g/mol. The maximum Gasteiger partial charge on any atom is 0.405 e. The number of nitrogens with one attached hydrogen (secondary N) is 3. The van der Waals surface area contributed by atoms with Crippen LogP contribution in [0.25, 0.3) is 33.2 Å². The summed E-state index contributed by atoms with van der Waals surface area (Å²) in [5, 5.41) is 16.8. The van der Waals surface area contributed by atoms with Gasteiger partial charge in [-0.25, -0.2) is 32.0 Å². The fourth-order valence-corrected chi connectivity index (χ4v) is 5.27. The number of aromatic nitrogens is 5. The van der Waals surface area contributed by atoms with Gasteiger partial charge in [0.2, 0.25) is 10.0 Å². The van der Waals surface area contributed by atoms with Gasteiger partial charge in [-0.05, 0) is 36.2 Å². The van der Waals surface area contributed by atoms with Crippen molar-refractivity contribution in [3.8, 4) is 11.1 Å². The van der Waals surface area contributed by atoms with Gasteiger partial charge < -0.3 is 15.4 Å². The molecule has 0 bridgehead atoms. The second-order valence-electron chi connectivity index (χ2n) is 8.84. The van der Waals surface area contributed by atoms with E-state index in [0.717, 1.165) is 24.5 Å². The van der Waals surface area contributed by atoms with Crippen LogP contribution in [0.1, 0.15) is 17.3 Å². The third kappa shape index (κ3) is 5.33. The largest absolute Gasteiger partial charge is 0.465 e. The maximum atomic E-state index is 14.0. The molecule has 11 nitrogen and oxygen atoms in total. The number of benzene rings is 2. The van der Waals surface area contributed by atoms with Crippen LogP contribution in [0, 0.1) is 11.6 Å². The first-order valence-corrected chi connectivity index (χ1v) is 13.6. The summed E-state index contributed by atoms with van der Waals surface area (Å²) in [6, 6.07) is 6.79. The summed E-state index contributed by atoms with van der Waals surface area (Å²) < 4.78 is 55.6. The van der Waals surface area contributed by atoms with Gasteiger partial charge in [-0.3, -0.25) is 9.40 Å². The zero-order valence-corrected chi connectivity index (χ0v) is 21.9. The first-order valence-electron chi connectivity index (χ1n) is 11.3. The molecule has 0 spiro atoms. The number of aromatic amines is 1. The Morgan fingerprint density at radius 3 is 2.56 bits per heavy atom. The van der Waals surface area contributed by atoms with E-state index < -0.39 is 33.8 Å². The van der Waals surface area contributed by atoms with Crippen LogP contribution in [-0.2, 0) is 23.5 Å². The topological polar surface area (TPSA) is 155 Å². The van der Waals surface area contributed by atoms with Crippen LogP contribution in [-0.4, -0.2) is 50.6 Å². The molecular weight excluding hydrogens is 556 g/mol. The molecule has 2 aromatic carbocycles. The molecule has 0 saturated carbocycles. The van der Waals surface area contributed by atoms with E-state index in [9.17, 15) is 27.1 Å².